The number of nitrogens with zero attached hydrogens (tertiary/aromatic N) is 4. The lowest BCUT2D eigenvalue weighted by Gasteiger charge is -2.38. The minimum atomic E-state index is -0.299. The van der Waals surface area contributed by atoms with Gasteiger partial charge in [-0.1, -0.05) is 38.8 Å². The Labute approximate surface area is 223 Å². The molecule has 2 N–H and O–H groups in total. The van der Waals surface area contributed by atoms with Crippen molar-refractivity contribution in [3.63, 3.8) is 0 Å². The molecule has 204 valence electrons. The minimum Gasteiger partial charge on any atom is -0.461 e. The average Bonchev–Trinajstić information content (AvgIpc) is 3.58. The van der Waals surface area contributed by atoms with Crippen LogP contribution >= 0.6 is 0 Å². The molecule has 10 heteroatoms. The molecule has 0 spiro atoms. The number of nitrogens with one attached hydrogen (secondary N) is 2. The highest BCUT2D eigenvalue weighted by molar-refractivity contribution is 5.98. The van der Waals surface area contributed by atoms with E-state index in [1.165, 1.54) is 36.2 Å². The van der Waals surface area contributed by atoms with E-state index in [0.29, 0.717) is 24.3 Å². The van der Waals surface area contributed by atoms with Crippen LogP contribution in [0.25, 0.3) is 5.78 Å². The van der Waals surface area contributed by atoms with Crippen LogP contribution in [0.2, 0.25) is 0 Å². The number of ether oxygens (including phenoxy) is 1. The molecule has 38 heavy (non-hydrogen) atoms. The maximum atomic E-state index is 13.5. The molecule has 10 nitrogen and oxygen atoms in total. The van der Waals surface area contributed by atoms with Gasteiger partial charge in [-0.25, -0.2) is 4.98 Å². The summed E-state index contributed by atoms with van der Waals surface area (Å²) < 4.78 is 6.72. The number of esters is 1. The highest BCUT2D eigenvalue weighted by atomic mass is 16.5. The number of carbonyl (C=O) groups is 3. The van der Waals surface area contributed by atoms with Crippen LogP contribution in [0.15, 0.2) is 25.0 Å². The van der Waals surface area contributed by atoms with Crippen molar-refractivity contribution in [2.24, 2.45) is 29.6 Å². The van der Waals surface area contributed by atoms with Crippen molar-refractivity contribution in [3.8, 4) is 0 Å². The Hall–Kier alpha value is -3.30. The molecule has 5 rings (SSSR count). The highest BCUT2D eigenvalue weighted by Crippen LogP contribution is 2.48. The molecule has 2 heterocycles. The standard InChI is InChI=1S/C28H38N6O4/c1-3-13-38-27(37)20-9-10-21-19(17(20)2)11-12-22(21)32-26(36)24-14-23(33-28-30-16-31-34(24)28)25(35)29-15-18-7-5-4-6-8-18/h3,14,16-22H,1,4-13,15H2,2H3,(H,29,35)(H,32,36)/t17?,19-,20?,21?,22-/m0/s1. The molecular weight excluding hydrogens is 484 g/mol. The van der Waals surface area contributed by atoms with Gasteiger partial charge in [0, 0.05) is 18.7 Å². The third-order valence-corrected chi connectivity index (χ3v) is 8.95. The molecule has 3 aliphatic rings. The largest absolute Gasteiger partial charge is 0.461 e. The molecule has 0 radical (unpaired) electrons. The summed E-state index contributed by atoms with van der Waals surface area (Å²) in [6.45, 7) is 6.59. The normalized spacial score (nSPS) is 27.4. The zero-order chi connectivity index (χ0) is 26.6. The molecule has 3 fully saturated rings. The van der Waals surface area contributed by atoms with Crippen LogP contribution in [0, 0.1) is 29.6 Å². The van der Waals surface area contributed by atoms with E-state index < -0.39 is 0 Å². The number of hydrogen-bond acceptors (Lipinski definition) is 7. The second-order valence-corrected chi connectivity index (χ2v) is 11.2. The first kappa shape index (κ1) is 26.3. The van der Waals surface area contributed by atoms with E-state index >= 15 is 0 Å². The molecule has 3 unspecified atom stereocenters. The molecule has 0 bridgehead atoms. The lowest BCUT2D eigenvalue weighted by molar-refractivity contribution is -0.152. The van der Waals surface area contributed by atoms with E-state index in [1.807, 2.05) is 0 Å². The van der Waals surface area contributed by atoms with Crippen LogP contribution < -0.4 is 10.6 Å². The Kier molecular flexibility index (Phi) is 8.04. The highest BCUT2D eigenvalue weighted by Gasteiger charge is 2.47. The summed E-state index contributed by atoms with van der Waals surface area (Å²) in [4.78, 5) is 47.4. The van der Waals surface area contributed by atoms with Crippen molar-refractivity contribution in [1.82, 2.24) is 30.2 Å². The summed E-state index contributed by atoms with van der Waals surface area (Å²) >= 11 is 0. The van der Waals surface area contributed by atoms with Gasteiger partial charge in [0.05, 0.1) is 5.92 Å². The SMILES string of the molecule is C=CCOC(=O)C1CCC2[C@@H](CC[C@@H]2NC(=O)c2cc(C(=O)NCC3CCCCC3)nc3ncnn23)C1C. The molecule has 5 atom stereocenters. The fraction of sp³-hybridized carbons (Fsp3) is 0.643. The van der Waals surface area contributed by atoms with Crippen LogP contribution in [-0.2, 0) is 9.53 Å². The van der Waals surface area contributed by atoms with Gasteiger partial charge < -0.3 is 15.4 Å². The van der Waals surface area contributed by atoms with E-state index in [1.54, 1.807) is 6.08 Å². The van der Waals surface area contributed by atoms with Gasteiger partial charge in [-0.05, 0) is 62.2 Å². The van der Waals surface area contributed by atoms with Crippen molar-refractivity contribution in [2.75, 3.05) is 13.2 Å². The zero-order valence-corrected chi connectivity index (χ0v) is 22.1. The molecule has 3 aliphatic carbocycles. The van der Waals surface area contributed by atoms with Crippen LogP contribution in [0.3, 0.4) is 0 Å². The summed E-state index contributed by atoms with van der Waals surface area (Å²) in [6, 6.07) is 1.50. The molecule has 2 amide bonds. The zero-order valence-electron chi connectivity index (χ0n) is 22.1. The van der Waals surface area contributed by atoms with Crippen molar-refractivity contribution in [1.29, 1.82) is 0 Å². The fourth-order valence-electron chi connectivity index (χ4n) is 6.91. The van der Waals surface area contributed by atoms with Crippen molar-refractivity contribution >= 4 is 23.6 Å². The van der Waals surface area contributed by atoms with Gasteiger partial charge in [0.25, 0.3) is 17.6 Å². The lowest BCUT2D eigenvalue weighted by Crippen LogP contribution is -2.44. The second kappa shape index (κ2) is 11.6. The molecule has 3 saturated carbocycles. The number of aromatic nitrogens is 4. The second-order valence-electron chi connectivity index (χ2n) is 11.2. The molecule has 0 aliphatic heterocycles. The molecule has 0 saturated heterocycles. The van der Waals surface area contributed by atoms with E-state index in [9.17, 15) is 14.4 Å². The summed E-state index contributed by atoms with van der Waals surface area (Å²) in [7, 11) is 0. The Bertz CT molecular complexity index is 1190. The number of hydrogen-bond donors (Lipinski definition) is 2. The number of rotatable bonds is 8. The Balaban J connectivity index is 1.26. The number of amides is 2. The van der Waals surface area contributed by atoms with E-state index in [2.05, 4.69) is 39.2 Å². The van der Waals surface area contributed by atoms with E-state index in [0.717, 1.165) is 38.5 Å². The molecule has 2 aromatic rings. The van der Waals surface area contributed by atoms with Crippen LogP contribution in [-0.4, -0.2) is 56.6 Å². The van der Waals surface area contributed by atoms with Gasteiger partial charge in [-0.15, -0.1) is 0 Å². The minimum absolute atomic E-state index is 0.00425. The smallest absolute Gasteiger partial charge is 0.309 e. The first-order valence-electron chi connectivity index (χ1n) is 14.0. The Morgan fingerprint density at radius 1 is 1.08 bits per heavy atom. The van der Waals surface area contributed by atoms with Gasteiger partial charge in [0.1, 0.15) is 24.3 Å². The van der Waals surface area contributed by atoms with Crippen LogP contribution in [0.5, 0.6) is 0 Å². The van der Waals surface area contributed by atoms with Crippen molar-refractivity contribution in [2.45, 2.75) is 70.8 Å². The number of carbonyl (C=O) groups excluding carboxylic acids is 3. The number of fused-ring (bicyclic) bond motifs is 2. The summed E-state index contributed by atoms with van der Waals surface area (Å²) in [6.07, 6.45) is 12.3. The molecule has 0 aromatic carbocycles. The fourth-order valence-corrected chi connectivity index (χ4v) is 6.91. The first-order valence-corrected chi connectivity index (χ1v) is 14.0. The van der Waals surface area contributed by atoms with Gasteiger partial charge in [0.15, 0.2) is 0 Å². The first-order chi connectivity index (χ1) is 18.5. The van der Waals surface area contributed by atoms with Gasteiger partial charge in [-0.2, -0.15) is 14.6 Å². The van der Waals surface area contributed by atoms with Crippen molar-refractivity contribution < 1.29 is 19.1 Å². The van der Waals surface area contributed by atoms with Crippen LogP contribution in [0.4, 0.5) is 0 Å². The van der Waals surface area contributed by atoms with Gasteiger partial charge in [0.2, 0.25) is 0 Å². The van der Waals surface area contributed by atoms with E-state index in [4.69, 9.17) is 4.74 Å². The molecular formula is C28H38N6O4. The summed E-state index contributed by atoms with van der Waals surface area (Å²) in [5, 5.41) is 10.4. The quantitative estimate of drug-likeness (QED) is 0.402. The van der Waals surface area contributed by atoms with Crippen LogP contribution in [0.1, 0.15) is 85.7 Å². The monoisotopic (exact) mass is 522 g/mol. The van der Waals surface area contributed by atoms with E-state index in [-0.39, 0.29) is 59.4 Å². The summed E-state index contributed by atoms with van der Waals surface area (Å²) in [5.74, 6) is 0.681. The maximum Gasteiger partial charge on any atom is 0.309 e. The molecule has 2 aromatic heterocycles. The Morgan fingerprint density at radius 2 is 1.87 bits per heavy atom. The Morgan fingerprint density at radius 3 is 2.66 bits per heavy atom. The topological polar surface area (TPSA) is 128 Å². The average molecular weight is 523 g/mol. The van der Waals surface area contributed by atoms with Gasteiger partial charge >= 0.3 is 5.97 Å². The predicted molar refractivity (Wildman–Crippen MR) is 140 cm³/mol. The third kappa shape index (κ3) is 5.44. The van der Waals surface area contributed by atoms with Crippen molar-refractivity contribution in [3.05, 3.63) is 36.4 Å². The third-order valence-electron chi connectivity index (χ3n) is 8.95. The maximum absolute atomic E-state index is 13.5. The predicted octanol–water partition coefficient (Wildman–Crippen LogP) is 3.33. The summed E-state index contributed by atoms with van der Waals surface area (Å²) in [5.41, 5.74) is 0.413. The van der Waals surface area contributed by atoms with Gasteiger partial charge in [-0.3, -0.25) is 14.4 Å². The lowest BCUT2D eigenvalue weighted by atomic mass is 9.68.